The Morgan fingerprint density at radius 3 is 0.429 bits per heavy atom. The van der Waals surface area contributed by atoms with Crippen molar-refractivity contribution in [2.24, 2.45) is 0 Å². The van der Waals surface area contributed by atoms with Gasteiger partial charge in [0.15, 0.2) is 0 Å². The topological polar surface area (TPSA) is 70.6 Å². The van der Waals surface area contributed by atoms with Crippen LogP contribution in [0.25, 0.3) is 100 Å². The SMILES string of the molecule is O=P1(c2ccc(-c3cc(-c4ccc(P5(=O)N(c6cccc(-c7ccccc7)c6)c6ccccc6N5c5cccc(-c6ccccc6)c5)cc4)cc(-c4ccc(P5(=O)N(c6cccc(-c7ccccc7)c6)c6ccccc6N5c5cccc(-c6ccccc6)c5)cc4)c3)cc2)N(c2cccc(-c3ccccc3)c2)c2ccccc2N1c1cccc(-c2ccccc2)c1. The summed E-state index contributed by atoms with van der Waals surface area (Å²) in [5, 5.41) is 1.91. The van der Waals surface area contributed by atoms with E-state index in [-0.39, 0.29) is 0 Å². The second-order valence-corrected chi connectivity index (χ2v) is 39.1. The summed E-state index contributed by atoms with van der Waals surface area (Å²) < 4.78 is 66.1. The van der Waals surface area contributed by atoms with Crippen molar-refractivity contribution in [3.05, 3.63) is 491 Å². The lowest BCUT2D eigenvalue weighted by atomic mass is 9.93. The van der Waals surface area contributed by atoms with Gasteiger partial charge in [-0.1, -0.05) is 328 Å². The van der Waals surface area contributed by atoms with E-state index in [1.165, 1.54) is 0 Å². The molecule has 0 amide bonds. The highest BCUT2D eigenvalue weighted by Crippen LogP contribution is 2.74. The minimum absolute atomic E-state index is 0.636. The molecule has 9 nitrogen and oxygen atoms in total. The molecule has 0 radical (unpaired) electrons. The van der Waals surface area contributed by atoms with Gasteiger partial charge < -0.3 is 0 Å². The van der Waals surface area contributed by atoms with Gasteiger partial charge in [0.25, 0.3) is 0 Å². The molecule has 0 saturated carbocycles. The molecule has 0 saturated heterocycles. The van der Waals surface area contributed by atoms with Gasteiger partial charge in [0.2, 0.25) is 0 Å². The van der Waals surface area contributed by atoms with E-state index in [0.717, 1.165) is 168 Å². The quantitative estimate of drug-likeness (QED) is 0.0781. The Balaban J connectivity index is 0.711. The largest absolute Gasteiger partial charge is 0.301 e. The Kier molecular flexibility index (Phi) is 19.6. The lowest BCUT2D eigenvalue weighted by Gasteiger charge is -2.34. The first kappa shape index (κ1) is 76.8. The van der Waals surface area contributed by atoms with E-state index in [9.17, 15) is 0 Å². The van der Waals surface area contributed by atoms with Gasteiger partial charge >= 0.3 is 22.3 Å². The van der Waals surface area contributed by atoms with Crippen LogP contribution in [0, 0.1) is 0 Å². The van der Waals surface area contributed by atoms with Crippen LogP contribution in [0.2, 0.25) is 0 Å². The predicted octanol–water partition coefficient (Wildman–Crippen LogP) is 31.1. The number of anilines is 12. The third kappa shape index (κ3) is 13.5. The Morgan fingerprint density at radius 2 is 0.262 bits per heavy atom. The Bertz CT molecular complexity index is 6420. The van der Waals surface area contributed by atoms with Gasteiger partial charge in [0, 0.05) is 0 Å². The maximum atomic E-state index is 17.9. The van der Waals surface area contributed by atoms with Gasteiger partial charge in [-0.25, -0.2) is 0 Å². The maximum absolute atomic E-state index is 17.9. The van der Waals surface area contributed by atoms with Crippen molar-refractivity contribution < 1.29 is 13.7 Å². The van der Waals surface area contributed by atoms with Crippen LogP contribution in [-0.2, 0) is 13.7 Å². The molecule has 0 bridgehead atoms. The minimum Gasteiger partial charge on any atom is -0.270 e. The van der Waals surface area contributed by atoms with Crippen molar-refractivity contribution in [2.75, 3.05) is 28.0 Å². The fourth-order valence-corrected chi connectivity index (χ4v) is 27.4. The fraction of sp³-hybridized carbons (Fsp3) is 0. The lowest BCUT2D eigenvalue weighted by Crippen LogP contribution is -2.26. The van der Waals surface area contributed by atoms with E-state index < -0.39 is 22.3 Å². The van der Waals surface area contributed by atoms with Gasteiger partial charge in [0.05, 0.1) is 84.2 Å². The van der Waals surface area contributed by atoms with E-state index in [0.29, 0.717) is 15.9 Å². The smallest absolute Gasteiger partial charge is 0.270 e. The second-order valence-electron chi connectivity index (χ2n) is 31.9. The molecule has 0 aromatic heterocycles. The summed E-state index contributed by atoms with van der Waals surface area (Å²) in [7, 11) is -11.9. The van der Waals surface area contributed by atoms with Gasteiger partial charge in [-0.15, -0.1) is 0 Å². The van der Waals surface area contributed by atoms with Crippen LogP contribution in [-0.4, -0.2) is 0 Å². The van der Waals surface area contributed by atoms with Crippen LogP contribution in [0.4, 0.5) is 68.2 Å². The molecule has 126 heavy (non-hydrogen) atoms. The summed E-state index contributed by atoms with van der Waals surface area (Å²) in [5.74, 6) is 0. The van der Waals surface area contributed by atoms with Gasteiger partial charge in [-0.2, -0.15) is 0 Å². The summed E-state index contributed by atoms with van der Waals surface area (Å²) in [5.41, 5.74) is 27.4. The molecule has 19 aromatic carbocycles. The second kappa shape index (κ2) is 32.2. The predicted molar refractivity (Wildman–Crippen MR) is 528 cm³/mol. The number of rotatable bonds is 18. The third-order valence-electron chi connectivity index (χ3n) is 24.4. The average molecular weight is 1680 g/mol. The molecule has 19 aromatic rings. The highest BCUT2D eigenvalue weighted by atomic mass is 31.2. The van der Waals surface area contributed by atoms with Gasteiger partial charge in [0.1, 0.15) is 0 Å². The zero-order chi connectivity index (χ0) is 84.3. The molecule has 0 atom stereocenters. The first-order chi connectivity index (χ1) is 62.1. The van der Waals surface area contributed by atoms with E-state index in [2.05, 4.69) is 447 Å². The number of para-hydroxylation sites is 6. The third-order valence-corrected chi connectivity index (χ3v) is 33.2. The van der Waals surface area contributed by atoms with Crippen LogP contribution >= 0.6 is 22.3 Å². The van der Waals surface area contributed by atoms with E-state index in [1.54, 1.807) is 0 Å². The molecule has 0 spiro atoms. The summed E-state index contributed by atoms with van der Waals surface area (Å²) in [6.45, 7) is 0. The first-order valence-corrected chi connectivity index (χ1v) is 47.3. The Hall–Kier alpha value is -15.3. The van der Waals surface area contributed by atoms with Crippen LogP contribution in [0.5, 0.6) is 0 Å². The van der Waals surface area contributed by atoms with Crippen molar-refractivity contribution in [3.63, 3.8) is 0 Å². The van der Waals surface area contributed by atoms with Crippen molar-refractivity contribution in [2.45, 2.75) is 0 Å². The Morgan fingerprint density at radius 1 is 0.119 bits per heavy atom. The molecular formula is C114H81N6O3P3. The van der Waals surface area contributed by atoms with Crippen LogP contribution < -0.4 is 43.9 Å². The summed E-state index contributed by atoms with van der Waals surface area (Å²) >= 11 is 0. The average Bonchev–Trinajstić information content (AvgIpc) is 1.56. The van der Waals surface area contributed by atoms with E-state index in [4.69, 9.17) is 0 Å². The highest BCUT2D eigenvalue weighted by Gasteiger charge is 2.52. The molecule has 0 aliphatic carbocycles. The van der Waals surface area contributed by atoms with Crippen LogP contribution in [0.3, 0.4) is 0 Å². The molecule has 3 heterocycles. The molecule has 12 heteroatoms. The number of benzene rings is 19. The minimum atomic E-state index is -3.95. The monoisotopic (exact) mass is 1670 g/mol. The molecule has 3 aliphatic heterocycles. The molecule has 0 N–H and O–H groups in total. The van der Waals surface area contributed by atoms with Crippen molar-refractivity contribution in [1.82, 2.24) is 0 Å². The molecule has 0 unspecified atom stereocenters. The fourth-order valence-electron chi connectivity index (χ4n) is 18.4. The van der Waals surface area contributed by atoms with Gasteiger partial charge in [-0.05, 0) is 264 Å². The first-order valence-electron chi connectivity index (χ1n) is 42.4. The van der Waals surface area contributed by atoms with Crippen molar-refractivity contribution >= 4 is 106 Å². The Labute approximate surface area is 734 Å². The molecule has 0 fully saturated rings. The van der Waals surface area contributed by atoms with Crippen molar-refractivity contribution in [1.29, 1.82) is 0 Å². The van der Waals surface area contributed by atoms with E-state index >= 15 is 13.7 Å². The number of hydrogen-bond acceptors (Lipinski definition) is 3. The van der Waals surface area contributed by atoms with Gasteiger partial charge in [-0.3, -0.25) is 41.7 Å². The summed E-state index contributed by atoms with van der Waals surface area (Å²) in [6, 6.07) is 169. The lowest BCUT2D eigenvalue weighted by molar-refractivity contribution is 0.581. The highest BCUT2D eigenvalue weighted by molar-refractivity contribution is 7.77. The molecular weight excluding hydrogens is 1590 g/mol. The summed E-state index contributed by atoms with van der Waals surface area (Å²) in [4.78, 5) is 0. The molecule has 22 rings (SSSR count). The number of hydrogen-bond donors (Lipinski definition) is 0. The zero-order valence-corrected chi connectivity index (χ0v) is 71.2. The maximum Gasteiger partial charge on any atom is 0.301 e. The van der Waals surface area contributed by atoms with E-state index in [1.807, 2.05) is 72.8 Å². The number of fused-ring (bicyclic) bond motifs is 3. The standard InChI is InChI=1S/C114H81N6O3P3/c121-124(115(100-49-25-43-91(76-100)82-31-7-1-8-32-82)109-55-19-20-56-110(109)116(124)101-50-26-44-92(77-101)83-33-9-2-10-34-83)106-67-61-88(62-68-106)97-73-98(89-63-69-107(70-64-89)125(122)117(102-51-27-45-93(78-102)84-35-11-3-12-36-84)111-57-21-22-58-112(111)118(125)103-52-28-46-94(79-103)85-37-13-4-14-38-85)75-99(74-97)90-65-71-108(72-66-90)126(123)119(104-53-29-47-95(80-104)86-39-15-5-16-40-86)113-59-23-24-60-114(113)120(126)105-54-30-48-96(81-105)87-41-17-6-18-42-87/h1-81H. The van der Waals surface area contributed by atoms with Crippen LogP contribution in [0.15, 0.2) is 491 Å². The zero-order valence-electron chi connectivity index (χ0n) is 68.5. The van der Waals surface area contributed by atoms with Crippen LogP contribution in [0.1, 0.15) is 0 Å². The normalized spacial score (nSPS) is 13.9. The van der Waals surface area contributed by atoms with Crippen molar-refractivity contribution in [3.8, 4) is 100 Å². The molecule has 3 aliphatic rings. The summed E-state index contributed by atoms with van der Waals surface area (Å²) in [6.07, 6.45) is 0. The number of nitrogens with zero attached hydrogens (tertiary/aromatic N) is 6. The molecule has 600 valence electrons.